The van der Waals surface area contributed by atoms with Crippen LogP contribution in [0.4, 0.5) is 22.7 Å². The monoisotopic (exact) mass is 371 g/mol. The van der Waals surface area contributed by atoms with Gasteiger partial charge in [-0.05, 0) is 40.6 Å². The summed E-state index contributed by atoms with van der Waals surface area (Å²) < 4.78 is 15.3. The van der Waals surface area contributed by atoms with Crippen LogP contribution in [0.5, 0.6) is 5.75 Å². The van der Waals surface area contributed by atoms with Crippen molar-refractivity contribution in [2.24, 2.45) is 0 Å². The van der Waals surface area contributed by atoms with Gasteiger partial charge < -0.3 is 19.7 Å². The summed E-state index contributed by atoms with van der Waals surface area (Å²) in [6.07, 6.45) is 0. The van der Waals surface area contributed by atoms with Crippen molar-refractivity contribution in [3.63, 3.8) is 0 Å². The van der Waals surface area contributed by atoms with Gasteiger partial charge in [0.25, 0.3) is 0 Å². The minimum absolute atomic E-state index is 0.111. The third-order valence-corrected chi connectivity index (χ3v) is 4.39. The highest BCUT2D eigenvalue weighted by atomic mass is 16.6. The first-order valence-electron chi connectivity index (χ1n) is 8.35. The van der Waals surface area contributed by atoms with E-state index >= 15 is 0 Å². The van der Waals surface area contributed by atoms with Gasteiger partial charge in [0.1, 0.15) is 11.4 Å². The molecular weight excluding hydrogens is 354 g/mol. The van der Waals surface area contributed by atoms with Crippen LogP contribution in [0.1, 0.15) is 0 Å². The van der Waals surface area contributed by atoms with Gasteiger partial charge in [0, 0.05) is 18.8 Å². The van der Waals surface area contributed by atoms with Crippen molar-refractivity contribution < 1.29 is 19.0 Å². The van der Waals surface area contributed by atoms with Crippen LogP contribution < -0.4 is 15.0 Å². The van der Waals surface area contributed by atoms with Crippen molar-refractivity contribution in [3.8, 4) is 5.75 Å². The van der Waals surface area contributed by atoms with E-state index in [1.165, 1.54) is 0 Å². The average molecular weight is 371 g/mol. The van der Waals surface area contributed by atoms with E-state index in [-0.39, 0.29) is 11.2 Å². The molecule has 1 aliphatic heterocycles. The fourth-order valence-electron chi connectivity index (χ4n) is 3.07. The van der Waals surface area contributed by atoms with E-state index in [0.717, 1.165) is 5.69 Å². The van der Waals surface area contributed by atoms with Crippen LogP contribution in [-0.2, 0) is 4.74 Å². The molecule has 0 radical (unpaired) electrons. The fourth-order valence-corrected chi connectivity index (χ4v) is 3.07. The number of nitrogens with zero attached hydrogens (tertiary/aromatic N) is 4. The molecule has 1 aliphatic rings. The maximum Gasteiger partial charge on any atom is 0.324 e. The lowest BCUT2D eigenvalue weighted by Gasteiger charge is -2.29. The Morgan fingerprint density at radius 2 is 1.89 bits per heavy atom. The van der Waals surface area contributed by atoms with E-state index in [0.29, 0.717) is 48.9 Å². The maximum atomic E-state index is 11.7. The predicted octanol–water partition coefficient (Wildman–Crippen LogP) is 2.72. The van der Waals surface area contributed by atoms with Gasteiger partial charge in [0.2, 0.25) is 5.52 Å². The summed E-state index contributed by atoms with van der Waals surface area (Å²) in [4.78, 5) is 13.3. The number of hydrogen-bond acceptors (Lipinski definition) is 9. The molecule has 4 rings (SSSR count). The van der Waals surface area contributed by atoms with Gasteiger partial charge in [-0.25, -0.2) is 4.63 Å². The number of aromatic nitrogens is 2. The molecular formula is C17H17N5O5. The van der Waals surface area contributed by atoms with Crippen molar-refractivity contribution in [1.82, 2.24) is 10.3 Å². The number of fused-ring (bicyclic) bond motifs is 1. The molecule has 0 saturated carbocycles. The molecule has 2 aromatic carbocycles. The second-order valence-electron chi connectivity index (χ2n) is 5.96. The lowest BCUT2D eigenvalue weighted by atomic mass is 10.1. The van der Waals surface area contributed by atoms with Crippen molar-refractivity contribution >= 4 is 33.8 Å². The van der Waals surface area contributed by atoms with E-state index in [1.807, 2.05) is 0 Å². The molecule has 1 aromatic heterocycles. The number of ether oxygens (including phenoxy) is 2. The smallest absolute Gasteiger partial charge is 0.324 e. The molecule has 10 heteroatoms. The Morgan fingerprint density at radius 3 is 2.56 bits per heavy atom. The Hall–Kier alpha value is -3.40. The van der Waals surface area contributed by atoms with Crippen LogP contribution in [0, 0.1) is 10.1 Å². The van der Waals surface area contributed by atoms with E-state index < -0.39 is 4.92 Å². The Labute approximate surface area is 153 Å². The van der Waals surface area contributed by atoms with Gasteiger partial charge in [-0.3, -0.25) is 10.1 Å². The Morgan fingerprint density at radius 1 is 1.19 bits per heavy atom. The molecule has 2 heterocycles. The number of methoxy groups -OCH3 is 1. The first-order valence-corrected chi connectivity index (χ1v) is 8.35. The molecule has 0 aliphatic carbocycles. The van der Waals surface area contributed by atoms with Gasteiger partial charge in [0.15, 0.2) is 5.52 Å². The predicted molar refractivity (Wildman–Crippen MR) is 97.8 cm³/mol. The molecule has 0 amide bonds. The number of rotatable bonds is 5. The Balaban J connectivity index is 1.81. The molecule has 1 fully saturated rings. The molecule has 0 bridgehead atoms. The molecule has 1 saturated heterocycles. The van der Waals surface area contributed by atoms with Crippen molar-refractivity contribution in [2.75, 3.05) is 43.6 Å². The molecule has 140 valence electrons. The number of nitro benzene ring substituents is 1. The van der Waals surface area contributed by atoms with Gasteiger partial charge in [0.05, 0.1) is 30.9 Å². The van der Waals surface area contributed by atoms with Crippen LogP contribution in [0.15, 0.2) is 35.0 Å². The van der Waals surface area contributed by atoms with Gasteiger partial charge in [-0.1, -0.05) is 0 Å². The maximum absolute atomic E-state index is 11.7. The Kier molecular flexibility index (Phi) is 4.47. The highest BCUT2D eigenvalue weighted by Gasteiger charge is 2.28. The summed E-state index contributed by atoms with van der Waals surface area (Å²) in [5.74, 6) is 0.695. The SMILES string of the molecule is COc1ccc(Nc2cc(N3CCOCC3)c3nonc3c2[N+](=O)[O-])cc1. The van der Waals surface area contributed by atoms with Crippen molar-refractivity contribution in [1.29, 1.82) is 0 Å². The molecule has 1 N–H and O–H groups in total. The third-order valence-electron chi connectivity index (χ3n) is 4.39. The summed E-state index contributed by atoms with van der Waals surface area (Å²) in [7, 11) is 1.58. The molecule has 27 heavy (non-hydrogen) atoms. The zero-order chi connectivity index (χ0) is 18.8. The zero-order valence-electron chi connectivity index (χ0n) is 14.5. The van der Waals surface area contributed by atoms with Crippen LogP contribution >= 0.6 is 0 Å². The van der Waals surface area contributed by atoms with E-state index in [9.17, 15) is 10.1 Å². The first kappa shape index (κ1) is 17.0. The second-order valence-corrected chi connectivity index (χ2v) is 5.96. The molecule has 3 aromatic rings. The number of anilines is 3. The quantitative estimate of drug-likeness (QED) is 0.534. The number of benzene rings is 2. The number of nitro groups is 1. The fraction of sp³-hybridized carbons (Fsp3) is 0.294. The van der Waals surface area contributed by atoms with Gasteiger partial charge in [-0.15, -0.1) is 0 Å². The average Bonchev–Trinajstić information content (AvgIpc) is 3.17. The van der Waals surface area contributed by atoms with Crippen molar-refractivity contribution in [2.45, 2.75) is 0 Å². The Bertz CT molecular complexity index is 966. The largest absolute Gasteiger partial charge is 0.497 e. The van der Waals surface area contributed by atoms with E-state index in [4.69, 9.17) is 14.1 Å². The standard InChI is InChI=1S/C17H17N5O5/c1-25-12-4-2-11(3-5-12)18-13-10-14(21-6-8-26-9-7-21)15-16(20-27-19-15)17(13)22(23)24/h2-5,10,18H,6-9H2,1H3. The second kappa shape index (κ2) is 7.08. The molecule has 10 nitrogen and oxygen atoms in total. The van der Waals surface area contributed by atoms with E-state index in [2.05, 4.69) is 20.5 Å². The van der Waals surface area contributed by atoms with Gasteiger partial charge >= 0.3 is 5.69 Å². The summed E-state index contributed by atoms with van der Waals surface area (Å²) in [5.41, 5.74) is 2.01. The van der Waals surface area contributed by atoms with Gasteiger partial charge in [-0.2, -0.15) is 0 Å². The highest BCUT2D eigenvalue weighted by Crippen LogP contribution is 2.40. The van der Waals surface area contributed by atoms with Crippen LogP contribution in [-0.4, -0.2) is 48.6 Å². The summed E-state index contributed by atoms with van der Waals surface area (Å²) in [6, 6.07) is 8.81. The lowest BCUT2D eigenvalue weighted by Crippen LogP contribution is -2.36. The lowest BCUT2D eigenvalue weighted by molar-refractivity contribution is -0.382. The minimum Gasteiger partial charge on any atom is -0.497 e. The van der Waals surface area contributed by atoms with Crippen LogP contribution in [0.3, 0.4) is 0 Å². The molecule has 0 unspecified atom stereocenters. The molecule has 0 spiro atoms. The third kappa shape index (κ3) is 3.22. The summed E-state index contributed by atoms with van der Waals surface area (Å²) in [6.45, 7) is 2.46. The zero-order valence-corrected chi connectivity index (χ0v) is 14.5. The van der Waals surface area contributed by atoms with Crippen LogP contribution in [0.25, 0.3) is 11.0 Å². The summed E-state index contributed by atoms with van der Waals surface area (Å²) in [5, 5.41) is 22.5. The first-order chi connectivity index (χ1) is 13.2. The topological polar surface area (TPSA) is 116 Å². The minimum atomic E-state index is -0.485. The van der Waals surface area contributed by atoms with Crippen LogP contribution in [0.2, 0.25) is 0 Å². The number of nitrogens with one attached hydrogen (secondary N) is 1. The highest BCUT2D eigenvalue weighted by molar-refractivity contribution is 6.00. The number of hydrogen-bond donors (Lipinski definition) is 1. The number of morpholine rings is 1. The van der Waals surface area contributed by atoms with E-state index in [1.54, 1.807) is 37.4 Å². The summed E-state index contributed by atoms with van der Waals surface area (Å²) >= 11 is 0. The molecule has 0 atom stereocenters. The van der Waals surface area contributed by atoms with Crippen molar-refractivity contribution in [3.05, 3.63) is 40.4 Å². The normalized spacial score (nSPS) is 14.3.